The van der Waals surface area contributed by atoms with E-state index in [4.69, 9.17) is 4.74 Å². The Bertz CT molecular complexity index is 372. The van der Waals surface area contributed by atoms with Gasteiger partial charge in [-0.15, -0.1) is 0 Å². The maximum atomic E-state index is 11.1. The van der Waals surface area contributed by atoms with Gasteiger partial charge in [0.05, 0.1) is 6.61 Å². The van der Waals surface area contributed by atoms with E-state index in [9.17, 15) is 4.79 Å². The van der Waals surface area contributed by atoms with Gasteiger partial charge < -0.3 is 4.74 Å². The van der Waals surface area contributed by atoms with Gasteiger partial charge in [-0.2, -0.15) is 5.10 Å². The molecule has 1 aromatic rings. The van der Waals surface area contributed by atoms with Gasteiger partial charge in [0.2, 0.25) is 0 Å². The number of nitrogens with zero attached hydrogens (tertiary/aromatic N) is 1. The van der Waals surface area contributed by atoms with E-state index in [2.05, 4.69) is 16.8 Å². The number of aromatic nitrogens is 2. The van der Waals surface area contributed by atoms with Gasteiger partial charge in [-0.05, 0) is 32.3 Å². The van der Waals surface area contributed by atoms with Crippen LogP contribution in [0.2, 0.25) is 0 Å². The molecule has 0 bridgehead atoms. The highest BCUT2D eigenvalue weighted by Crippen LogP contribution is 2.08. The number of H-pyrrole nitrogens is 1. The van der Waals surface area contributed by atoms with Crippen LogP contribution in [0.1, 0.15) is 51.1 Å². The van der Waals surface area contributed by atoms with Crippen LogP contribution in [0.4, 0.5) is 0 Å². The monoisotopic (exact) mass is 264 g/mol. The lowest BCUT2D eigenvalue weighted by molar-refractivity contribution is -0.139. The molecule has 1 heterocycles. The van der Waals surface area contributed by atoms with Crippen LogP contribution in [0.3, 0.4) is 0 Å². The first kappa shape index (κ1) is 15.5. The molecule has 0 unspecified atom stereocenters. The third-order valence-electron chi connectivity index (χ3n) is 2.98. The van der Waals surface area contributed by atoms with E-state index < -0.39 is 0 Å². The van der Waals surface area contributed by atoms with Crippen LogP contribution < -0.4 is 0 Å². The predicted octanol–water partition coefficient (Wildman–Crippen LogP) is 3.41. The van der Waals surface area contributed by atoms with E-state index in [1.807, 2.05) is 6.07 Å². The van der Waals surface area contributed by atoms with E-state index in [0.717, 1.165) is 19.3 Å². The lowest BCUT2D eigenvalue weighted by Gasteiger charge is -2.04. The highest BCUT2D eigenvalue weighted by molar-refractivity contribution is 5.86. The van der Waals surface area contributed by atoms with Crippen LogP contribution in [0.25, 0.3) is 0 Å². The Hall–Kier alpha value is -1.58. The van der Waals surface area contributed by atoms with Crippen molar-refractivity contribution in [3.05, 3.63) is 30.1 Å². The van der Waals surface area contributed by atoms with E-state index in [1.165, 1.54) is 31.4 Å². The van der Waals surface area contributed by atoms with Crippen molar-refractivity contribution in [2.24, 2.45) is 0 Å². The van der Waals surface area contributed by atoms with Crippen molar-refractivity contribution in [1.82, 2.24) is 10.2 Å². The van der Waals surface area contributed by atoms with Gasteiger partial charge in [-0.25, -0.2) is 4.79 Å². The van der Waals surface area contributed by atoms with Crippen LogP contribution in [0.15, 0.2) is 24.4 Å². The molecule has 0 atom stereocenters. The first-order valence-electron chi connectivity index (χ1n) is 7.01. The fourth-order valence-electron chi connectivity index (χ4n) is 1.84. The molecule has 1 aromatic heterocycles. The van der Waals surface area contributed by atoms with E-state index in [1.54, 1.807) is 13.1 Å². The molecule has 4 heteroatoms. The maximum Gasteiger partial charge on any atom is 0.333 e. The fourth-order valence-corrected chi connectivity index (χ4v) is 1.84. The molecule has 0 fully saturated rings. The summed E-state index contributed by atoms with van der Waals surface area (Å²) in [5.74, 6) is -0.278. The summed E-state index contributed by atoms with van der Waals surface area (Å²) < 4.78 is 5.03. The number of ether oxygens (including phenoxy) is 1. The molecule has 0 spiro atoms. The van der Waals surface area contributed by atoms with Crippen molar-refractivity contribution in [2.45, 2.75) is 51.9 Å². The summed E-state index contributed by atoms with van der Waals surface area (Å²) in [4.78, 5) is 11.1. The topological polar surface area (TPSA) is 55.0 Å². The zero-order valence-electron chi connectivity index (χ0n) is 11.8. The minimum Gasteiger partial charge on any atom is -0.462 e. The minimum atomic E-state index is -0.278. The van der Waals surface area contributed by atoms with Crippen LogP contribution in [-0.2, 0) is 16.0 Å². The molecule has 4 nitrogen and oxygen atoms in total. The molecule has 0 aliphatic rings. The van der Waals surface area contributed by atoms with Gasteiger partial charge in [0.1, 0.15) is 0 Å². The molecule has 0 aromatic carbocycles. The van der Waals surface area contributed by atoms with E-state index in [0.29, 0.717) is 12.2 Å². The first-order valence-corrected chi connectivity index (χ1v) is 7.01. The zero-order valence-corrected chi connectivity index (χ0v) is 11.8. The smallest absolute Gasteiger partial charge is 0.333 e. The van der Waals surface area contributed by atoms with Crippen LogP contribution in [0.5, 0.6) is 0 Å². The molecule has 0 aliphatic heterocycles. The van der Waals surface area contributed by atoms with Crippen molar-refractivity contribution in [2.75, 3.05) is 6.61 Å². The zero-order chi connectivity index (χ0) is 13.9. The summed E-state index contributed by atoms with van der Waals surface area (Å²) in [5, 5.41) is 6.89. The molecule has 0 saturated heterocycles. The van der Waals surface area contributed by atoms with E-state index >= 15 is 0 Å². The molecule has 1 N–H and O–H groups in total. The average Bonchev–Trinajstić information content (AvgIpc) is 2.89. The average molecular weight is 264 g/mol. The number of unbranched alkanes of at least 4 members (excludes halogenated alkanes) is 5. The van der Waals surface area contributed by atoms with E-state index in [-0.39, 0.29) is 5.97 Å². The SMILES string of the molecule is C=C(C)C(=O)OCCCCCCCCc1ccn[nH]1. The third kappa shape index (κ3) is 7.44. The Kier molecular flexibility index (Phi) is 7.63. The van der Waals surface area contributed by atoms with Crippen molar-refractivity contribution in [1.29, 1.82) is 0 Å². The minimum absolute atomic E-state index is 0.278. The number of carbonyl (C=O) groups is 1. The number of nitrogens with one attached hydrogen (secondary N) is 1. The summed E-state index contributed by atoms with van der Waals surface area (Å²) in [5.41, 5.74) is 1.69. The molecule has 0 aliphatic carbocycles. The van der Waals surface area contributed by atoms with Gasteiger partial charge >= 0.3 is 5.97 Å². The Labute approximate surface area is 115 Å². The number of aromatic amines is 1. The Balaban J connectivity index is 1.84. The van der Waals surface area contributed by atoms with Crippen molar-refractivity contribution in [3.63, 3.8) is 0 Å². The normalized spacial score (nSPS) is 10.4. The van der Waals surface area contributed by atoms with Crippen LogP contribution in [-0.4, -0.2) is 22.8 Å². The summed E-state index contributed by atoms with van der Waals surface area (Å²) in [7, 11) is 0. The molecule has 19 heavy (non-hydrogen) atoms. The Morgan fingerprint density at radius 2 is 1.95 bits per heavy atom. The molecule has 106 valence electrons. The second-order valence-corrected chi connectivity index (χ2v) is 4.87. The molecule has 0 amide bonds. The lowest BCUT2D eigenvalue weighted by Crippen LogP contribution is -2.05. The fraction of sp³-hybridized carbons (Fsp3) is 0.600. The molecule has 1 rings (SSSR count). The van der Waals surface area contributed by atoms with Gasteiger partial charge in [-0.1, -0.05) is 32.3 Å². The maximum absolute atomic E-state index is 11.1. The largest absolute Gasteiger partial charge is 0.462 e. The number of esters is 1. The van der Waals surface area contributed by atoms with Gasteiger partial charge in [0.15, 0.2) is 0 Å². The van der Waals surface area contributed by atoms with Gasteiger partial charge in [0.25, 0.3) is 0 Å². The summed E-state index contributed by atoms with van der Waals surface area (Å²) >= 11 is 0. The Morgan fingerprint density at radius 3 is 2.58 bits per heavy atom. The highest BCUT2D eigenvalue weighted by atomic mass is 16.5. The molecule has 0 saturated carbocycles. The van der Waals surface area contributed by atoms with Crippen LogP contribution in [0, 0.1) is 0 Å². The van der Waals surface area contributed by atoms with Crippen LogP contribution >= 0.6 is 0 Å². The highest BCUT2D eigenvalue weighted by Gasteiger charge is 2.01. The molecule has 0 radical (unpaired) electrons. The number of carbonyl (C=O) groups excluding carboxylic acids is 1. The number of hydrogen-bond acceptors (Lipinski definition) is 3. The van der Waals surface area contributed by atoms with Crippen molar-refractivity contribution >= 4 is 5.97 Å². The number of aryl methyl sites for hydroxylation is 1. The molecular formula is C15H24N2O2. The third-order valence-corrected chi connectivity index (χ3v) is 2.98. The van der Waals surface area contributed by atoms with Gasteiger partial charge in [0, 0.05) is 17.5 Å². The Morgan fingerprint density at radius 1 is 1.26 bits per heavy atom. The predicted molar refractivity (Wildman–Crippen MR) is 75.8 cm³/mol. The second kappa shape index (κ2) is 9.36. The number of hydrogen-bond donors (Lipinski definition) is 1. The summed E-state index contributed by atoms with van der Waals surface area (Å²) in [6.07, 6.45) is 9.82. The standard InChI is InChI=1S/C15H24N2O2/c1-13(2)15(18)19-12-8-6-4-3-5-7-9-14-10-11-16-17-14/h10-11H,1,3-9,12H2,2H3,(H,16,17). The number of rotatable bonds is 10. The summed E-state index contributed by atoms with van der Waals surface area (Å²) in [6, 6.07) is 2.02. The molecular weight excluding hydrogens is 240 g/mol. The second-order valence-electron chi connectivity index (χ2n) is 4.87. The summed E-state index contributed by atoms with van der Waals surface area (Å²) in [6.45, 7) is 5.73. The lowest BCUT2D eigenvalue weighted by atomic mass is 10.1. The first-order chi connectivity index (χ1) is 9.20. The van der Waals surface area contributed by atoms with Crippen molar-refractivity contribution < 1.29 is 9.53 Å². The van der Waals surface area contributed by atoms with Gasteiger partial charge in [-0.3, -0.25) is 5.10 Å². The quantitative estimate of drug-likeness (QED) is 0.400. The van der Waals surface area contributed by atoms with Crippen molar-refractivity contribution in [3.8, 4) is 0 Å².